The summed E-state index contributed by atoms with van der Waals surface area (Å²) in [6.07, 6.45) is 2.78. The lowest BCUT2D eigenvalue weighted by Crippen LogP contribution is -2.23. The van der Waals surface area contributed by atoms with Gasteiger partial charge in [0.15, 0.2) is 0 Å². The molecule has 0 saturated heterocycles. The van der Waals surface area contributed by atoms with Crippen LogP contribution in [0.5, 0.6) is 0 Å². The Kier molecular flexibility index (Phi) is 5.33. The Morgan fingerprint density at radius 1 is 1.17 bits per heavy atom. The number of hydrogen-bond acceptors (Lipinski definition) is 1. The molecule has 0 heterocycles. The smallest absolute Gasteiger partial charge is 0.129 e. The molecule has 0 spiro atoms. The molecular formula is C21H30OSSi. The normalized spacial score (nSPS) is 23.3. The zero-order valence-corrected chi connectivity index (χ0v) is 17.8. The molecule has 130 valence electrons. The highest BCUT2D eigenvalue weighted by atomic mass is 32.2. The highest BCUT2D eigenvalue weighted by Crippen LogP contribution is 2.67. The standard InChI is InChI=1S/C21H30OSSi/c1-17-11-13-19(14-12-17)23(22)21(18(2)20(21,3)4)15-9-8-10-16-24(5,6)7/h11-14H,2,8-9,15H2,1,3-7H3/t21-,23-/m0/s1. The van der Waals surface area contributed by atoms with E-state index in [1.54, 1.807) is 0 Å². The molecule has 2 rings (SSSR count). The van der Waals surface area contributed by atoms with E-state index in [4.69, 9.17) is 0 Å². The zero-order valence-electron chi connectivity index (χ0n) is 16.0. The third kappa shape index (κ3) is 3.60. The molecule has 0 amide bonds. The topological polar surface area (TPSA) is 17.1 Å². The van der Waals surface area contributed by atoms with Crippen molar-refractivity contribution in [3.05, 3.63) is 42.0 Å². The van der Waals surface area contributed by atoms with Crippen LogP contribution in [0.3, 0.4) is 0 Å². The fourth-order valence-electron chi connectivity index (χ4n) is 3.31. The summed E-state index contributed by atoms with van der Waals surface area (Å²) in [5, 5.41) is 0. The Balaban J connectivity index is 2.14. The van der Waals surface area contributed by atoms with Crippen molar-refractivity contribution in [2.24, 2.45) is 5.41 Å². The third-order valence-corrected chi connectivity index (χ3v) is 8.26. The van der Waals surface area contributed by atoms with Crippen LogP contribution in [-0.4, -0.2) is 17.0 Å². The molecular weight excluding hydrogens is 328 g/mol. The van der Waals surface area contributed by atoms with Crippen LogP contribution in [0.4, 0.5) is 0 Å². The van der Waals surface area contributed by atoms with Gasteiger partial charge < -0.3 is 0 Å². The van der Waals surface area contributed by atoms with Crippen LogP contribution in [0.15, 0.2) is 41.3 Å². The lowest BCUT2D eigenvalue weighted by Gasteiger charge is -2.19. The molecule has 1 nitrogen and oxygen atoms in total. The summed E-state index contributed by atoms with van der Waals surface area (Å²) < 4.78 is 13.0. The third-order valence-electron chi connectivity index (χ3n) is 5.03. The molecule has 1 aromatic carbocycles. The average molecular weight is 359 g/mol. The first-order valence-electron chi connectivity index (χ1n) is 8.71. The van der Waals surface area contributed by atoms with Crippen molar-refractivity contribution in [3.8, 4) is 11.5 Å². The summed E-state index contributed by atoms with van der Waals surface area (Å²) in [7, 11) is -2.35. The molecule has 1 aliphatic carbocycles. The lowest BCUT2D eigenvalue weighted by atomic mass is 10.0. The van der Waals surface area contributed by atoms with Gasteiger partial charge in [-0.1, -0.05) is 63.3 Å². The second-order valence-corrected chi connectivity index (χ2v) is 14.9. The zero-order chi connectivity index (χ0) is 18.2. The van der Waals surface area contributed by atoms with Crippen molar-refractivity contribution >= 4 is 18.9 Å². The van der Waals surface area contributed by atoms with E-state index in [-0.39, 0.29) is 10.2 Å². The average Bonchev–Trinajstić information content (AvgIpc) is 2.91. The second kappa shape index (κ2) is 6.65. The molecule has 3 heteroatoms. The van der Waals surface area contributed by atoms with Gasteiger partial charge in [-0.3, -0.25) is 4.21 Å². The van der Waals surface area contributed by atoms with E-state index >= 15 is 0 Å². The molecule has 1 aromatic rings. The summed E-state index contributed by atoms with van der Waals surface area (Å²) in [5.41, 5.74) is 5.68. The van der Waals surface area contributed by atoms with Crippen LogP contribution in [-0.2, 0) is 10.8 Å². The van der Waals surface area contributed by atoms with Gasteiger partial charge in [-0.25, -0.2) is 0 Å². The number of hydrogen-bond donors (Lipinski definition) is 0. The Labute approximate surface area is 151 Å². The van der Waals surface area contributed by atoms with Crippen LogP contribution in [0.1, 0.15) is 38.7 Å². The minimum absolute atomic E-state index is 0.0606. The molecule has 0 N–H and O–H groups in total. The molecule has 2 atom stereocenters. The van der Waals surface area contributed by atoms with Crippen molar-refractivity contribution in [2.75, 3.05) is 0 Å². The van der Waals surface area contributed by atoms with E-state index in [2.05, 4.69) is 58.5 Å². The van der Waals surface area contributed by atoms with Crippen LogP contribution >= 0.6 is 0 Å². The maximum atomic E-state index is 13.3. The van der Waals surface area contributed by atoms with Gasteiger partial charge in [-0.15, -0.1) is 11.5 Å². The predicted octanol–water partition coefficient (Wildman–Crippen LogP) is 5.49. The Bertz CT molecular complexity index is 713. The van der Waals surface area contributed by atoms with Crippen LogP contribution in [0.2, 0.25) is 19.6 Å². The Morgan fingerprint density at radius 3 is 2.17 bits per heavy atom. The van der Waals surface area contributed by atoms with E-state index < -0.39 is 18.9 Å². The van der Waals surface area contributed by atoms with Gasteiger partial charge in [-0.2, -0.15) is 0 Å². The summed E-state index contributed by atoms with van der Waals surface area (Å²) in [6.45, 7) is 17.5. The number of rotatable bonds is 5. The molecule has 24 heavy (non-hydrogen) atoms. The van der Waals surface area contributed by atoms with Crippen LogP contribution in [0, 0.1) is 23.8 Å². The fourth-order valence-corrected chi connectivity index (χ4v) is 6.09. The van der Waals surface area contributed by atoms with Crippen LogP contribution in [0.25, 0.3) is 0 Å². The minimum atomic E-state index is -1.30. The highest BCUT2D eigenvalue weighted by Gasteiger charge is 2.68. The maximum absolute atomic E-state index is 13.3. The van der Waals surface area contributed by atoms with Gasteiger partial charge in [-0.05, 0) is 31.9 Å². The summed E-state index contributed by atoms with van der Waals surface area (Å²) in [6, 6.07) is 8.08. The van der Waals surface area contributed by atoms with E-state index in [1.807, 2.05) is 24.3 Å². The minimum Gasteiger partial charge on any atom is -0.253 e. The van der Waals surface area contributed by atoms with Gasteiger partial charge in [0.25, 0.3) is 0 Å². The Morgan fingerprint density at radius 2 is 1.71 bits per heavy atom. The first-order chi connectivity index (χ1) is 11.0. The highest BCUT2D eigenvalue weighted by molar-refractivity contribution is 7.87. The monoisotopic (exact) mass is 358 g/mol. The molecule has 0 aliphatic heterocycles. The maximum Gasteiger partial charge on any atom is 0.129 e. The first kappa shape index (κ1) is 19.2. The molecule has 1 fully saturated rings. The predicted molar refractivity (Wildman–Crippen MR) is 108 cm³/mol. The second-order valence-electron chi connectivity index (χ2n) is 8.42. The number of unbranched alkanes of at least 4 members (excludes halogenated alkanes) is 1. The van der Waals surface area contributed by atoms with Crippen molar-refractivity contribution in [1.82, 2.24) is 0 Å². The largest absolute Gasteiger partial charge is 0.253 e. The molecule has 0 unspecified atom stereocenters. The Hall–Kier alpha value is -1.11. The van der Waals surface area contributed by atoms with Gasteiger partial charge in [0.05, 0.1) is 15.5 Å². The summed E-state index contributed by atoms with van der Waals surface area (Å²) >= 11 is 0. The van der Waals surface area contributed by atoms with Gasteiger partial charge in [0, 0.05) is 16.7 Å². The van der Waals surface area contributed by atoms with Crippen molar-refractivity contribution in [3.63, 3.8) is 0 Å². The van der Waals surface area contributed by atoms with E-state index in [1.165, 1.54) is 5.56 Å². The van der Waals surface area contributed by atoms with E-state index in [9.17, 15) is 4.21 Å². The number of aryl methyl sites for hydroxylation is 1. The van der Waals surface area contributed by atoms with Gasteiger partial charge in [0.2, 0.25) is 0 Å². The SMILES string of the molecule is C=C1C(C)(C)[C@@]1(CCCC#C[Si](C)(C)C)[S@@](=O)c1ccc(C)cc1. The van der Waals surface area contributed by atoms with E-state index in [0.29, 0.717) is 0 Å². The first-order valence-corrected chi connectivity index (χ1v) is 13.4. The lowest BCUT2D eigenvalue weighted by molar-refractivity contribution is 0.536. The molecule has 0 bridgehead atoms. The number of benzene rings is 1. The molecule has 0 aromatic heterocycles. The van der Waals surface area contributed by atoms with Gasteiger partial charge >= 0.3 is 0 Å². The fraction of sp³-hybridized carbons (Fsp3) is 0.524. The van der Waals surface area contributed by atoms with E-state index in [0.717, 1.165) is 29.7 Å². The molecule has 1 aliphatic rings. The van der Waals surface area contributed by atoms with Crippen LogP contribution < -0.4 is 0 Å². The van der Waals surface area contributed by atoms with Crippen molar-refractivity contribution in [1.29, 1.82) is 0 Å². The van der Waals surface area contributed by atoms with Crippen molar-refractivity contribution in [2.45, 2.75) is 69.3 Å². The molecule has 0 radical (unpaired) electrons. The van der Waals surface area contributed by atoms with Crippen molar-refractivity contribution < 1.29 is 4.21 Å². The summed E-state index contributed by atoms with van der Waals surface area (Å²) in [5.74, 6) is 3.34. The summed E-state index contributed by atoms with van der Waals surface area (Å²) in [4.78, 5) is 0.917. The molecule has 1 saturated carbocycles. The van der Waals surface area contributed by atoms with Gasteiger partial charge in [0.1, 0.15) is 8.07 Å². The quantitative estimate of drug-likeness (QED) is 0.294.